The van der Waals surface area contributed by atoms with Gasteiger partial charge in [-0.3, -0.25) is 0 Å². The van der Waals surface area contributed by atoms with Gasteiger partial charge in [-0.25, -0.2) is 15.0 Å². The van der Waals surface area contributed by atoms with Crippen molar-refractivity contribution in [3.05, 3.63) is 182 Å². The highest BCUT2D eigenvalue weighted by Gasteiger charge is 2.19. The number of methoxy groups -OCH3 is 1. The van der Waals surface area contributed by atoms with E-state index in [-0.39, 0.29) is 0 Å². The van der Waals surface area contributed by atoms with Crippen LogP contribution >= 0.6 is 0 Å². The second-order valence-electron chi connectivity index (χ2n) is 12.8. The smallest absolute Gasteiger partial charge is 0.164 e. The normalized spacial score (nSPS) is 11.2. The van der Waals surface area contributed by atoms with Crippen molar-refractivity contribution in [2.75, 3.05) is 7.11 Å². The van der Waals surface area contributed by atoms with Gasteiger partial charge < -0.3 is 4.74 Å². The number of aromatic nitrogens is 3. The Bertz CT molecular complexity index is 2700. The summed E-state index contributed by atoms with van der Waals surface area (Å²) in [7, 11) is 1.71. The summed E-state index contributed by atoms with van der Waals surface area (Å²) in [4.78, 5) is 15.2. The van der Waals surface area contributed by atoms with E-state index in [0.29, 0.717) is 17.5 Å². The zero-order chi connectivity index (χ0) is 34.9. The molecule has 0 aliphatic heterocycles. The number of nitrogens with zero attached hydrogens (tertiary/aromatic N) is 3. The molecular weight excluding hydrogens is 635 g/mol. The summed E-state index contributed by atoms with van der Waals surface area (Å²) < 4.78 is 5.97. The third-order valence-electron chi connectivity index (χ3n) is 9.64. The van der Waals surface area contributed by atoms with E-state index >= 15 is 0 Å². The topological polar surface area (TPSA) is 47.9 Å². The van der Waals surface area contributed by atoms with Gasteiger partial charge in [0.15, 0.2) is 17.5 Å². The molecule has 246 valence electrons. The van der Waals surface area contributed by atoms with E-state index in [1.54, 1.807) is 7.11 Å². The van der Waals surface area contributed by atoms with Crippen LogP contribution in [0, 0.1) is 0 Å². The van der Waals surface area contributed by atoms with Crippen LogP contribution in [0.5, 0.6) is 5.75 Å². The maximum absolute atomic E-state index is 5.97. The zero-order valence-electron chi connectivity index (χ0n) is 28.6. The van der Waals surface area contributed by atoms with Crippen molar-refractivity contribution in [2.45, 2.75) is 0 Å². The molecule has 1 heterocycles. The molecule has 0 bridgehead atoms. The lowest BCUT2D eigenvalue weighted by atomic mass is 9.95. The maximum Gasteiger partial charge on any atom is 0.164 e. The maximum atomic E-state index is 5.97. The lowest BCUT2D eigenvalue weighted by Crippen LogP contribution is -2.02. The van der Waals surface area contributed by atoms with Gasteiger partial charge in [0.25, 0.3) is 0 Å². The van der Waals surface area contributed by atoms with Crippen molar-refractivity contribution in [3.8, 4) is 73.3 Å². The minimum Gasteiger partial charge on any atom is -0.496 e. The third kappa shape index (κ3) is 5.97. The number of hydrogen-bond acceptors (Lipinski definition) is 4. The molecule has 0 radical (unpaired) electrons. The molecule has 0 saturated carbocycles. The first-order chi connectivity index (χ1) is 25.7. The van der Waals surface area contributed by atoms with Gasteiger partial charge in [-0.15, -0.1) is 0 Å². The zero-order valence-corrected chi connectivity index (χ0v) is 28.6. The van der Waals surface area contributed by atoms with Gasteiger partial charge in [0.1, 0.15) is 5.75 Å². The number of ether oxygens (including phenoxy) is 1. The summed E-state index contributed by atoms with van der Waals surface area (Å²) in [6, 6.07) is 63.3. The fraction of sp³-hybridized carbons (Fsp3) is 0.0208. The van der Waals surface area contributed by atoms with Gasteiger partial charge >= 0.3 is 0 Å². The lowest BCUT2D eigenvalue weighted by molar-refractivity contribution is 0.416. The summed E-state index contributed by atoms with van der Waals surface area (Å²) in [5.74, 6) is 2.54. The van der Waals surface area contributed by atoms with Crippen molar-refractivity contribution in [1.82, 2.24) is 15.0 Å². The first kappa shape index (κ1) is 31.1. The van der Waals surface area contributed by atoms with Gasteiger partial charge in [-0.1, -0.05) is 164 Å². The van der Waals surface area contributed by atoms with Crippen LogP contribution in [0.15, 0.2) is 182 Å². The monoisotopic (exact) mass is 667 g/mol. The van der Waals surface area contributed by atoms with Crippen molar-refractivity contribution < 1.29 is 4.74 Å². The first-order valence-electron chi connectivity index (χ1n) is 17.4. The molecule has 9 aromatic rings. The number of hydrogen-bond donors (Lipinski definition) is 0. The van der Waals surface area contributed by atoms with Gasteiger partial charge in [-0.05, 0) is 67.6 Å². The Morgan fingerprint density at radius 2 is 0.769 bits per heavy atom. The molecule has 4 heteroatoms. The molecule has 4 nitrogen and oxygen atoms in total. The number of fused-ring (bicyclic) bond motifs is 2. The highest BCUT2D eigenvalue weighted by molar-refractivity contribution is 5.90. The molecule has 0 saturated heterocycles. The van der Waals surface area contributed by atoms with Crippen LogP contribution in [0.2, 0.25) is 0 Å². The van der Waals surface area contributed by atoms with Crippen molar-refractivity contribution >= 4 is 21.5 Å². The average molecular weight is 668 g/mol. The summed E-state index contributed by atoms with van der Waals surface area (Å²) in [6.45, 7) is 0. The third-order valence-corrected chi connectivity index (χ3v) is 9.64. The molecule has 0 atom stereocenters. The molecule has 0 unspecified atom stereocenters. The Hall–Kier alpha value is -6.91. The molecule has 0 aliphatic carbocycles. The molecule has 0 spiro atoms. The van der Waals surface area contributed by atoms with E-state index in [9.17, 15) is 0 Å². The van der Waals surface area contributed by atoms with Crippen molar-refractivity contribution in [2.24, 2.45) is 0 Å². The number of rotatable bonds is 7. The lowest BCUT2D eigenvalue weighted by Gasteiger charge is -2.16. The van der Waals surface area contributed by atoms with Crippen molar-refractivity contribution in [1.29, 1.82) is 0 Å². The highest BCUT2D eigenvalue weighted by atomic mass is 16.5. The minimum atomic E-state index is 0.579. The Balaban J connectivity index is 1.13. The largest absolute Gasteiger partial charge is 0.496 e. The molecule has 9 rings (SSSR count). The molecule has 0 N–H and O–H groups in total. The molecule has 8 aromatic carbocycles. The van der Waals surface area contributed by atoms with E-state index in [2.05, 4.69) is 140 Å². The Kier molecular flexibility index (Phi) is 8.03. The van der Waals surface area contributed by atoms with Gasteiger partial charge in [-0.2, -0.15) is 0 Å². The van der Waals surface area contributed by atoms with E-state index < -0.39 is 0 Å². The van der Waals surface area contributed by atoms with Gasteiger partial charge in [0.2, 0.25) is 0 Å². The number of benzene rings is 8. The summed E-state index contributed by atoms with van der Waals surface area (Å²) in [5.41, 5.74) is 9.26. The van der Waals surface area contributed by atoms with Gasteiger partial charge in [0, 0.05) is 22.3 Å². The molecule has 0 aliphatic rings. The average Bonchev–Trinajstić information content (AvgIpc) is 3.23. The second-order valence-corrected chi connectivity index (χ2v) is 12.8. The predicted octanol–water partition coefficient (Wildman–Crippen LogP) is 12.2. The quantitative estimate of drug-likeness (QED) is 0.170. The summed E-state index contributed by atoms with van der Waals surface area (Å²) in [5, 5.41) is 4.90. The first-order valence-corrected chi connectivity index (χ1v) is 17.4. The Morgan fingerprint density at radius 1 is 0.327 bits per heavy atom. The van der Waals surface area contributed by atoms with Gasteiger partial charge in [0.05, 0.1) is 7.11 Å². The standard InChI is InChI=1S/C48H33N3O/c1-52-44-17-9-16-43(45(44)36-24-18-34(19-25-36)41-28-22-32-10-5-7-14-39(32)30-41)48-50-46(37-12-3-2-4-13-37)49-47(51-48)38-26-20-35(21-27-38)42-29-23-33-11-6-8-15-40(33)31-42/h2-31H,1H3. The fourth-order valence-corrected chi connectivity index (χ4v) is 6.91. The van der Waals surface area contributed by atoms with Crippen LogP contribution in [0.1, 0.15) is 0 Å². The molecule has 0 amide bonds. The van der Waals surface area contributed by atoms with E-state index in [0.717, 1.165) is 44.7 Å². The van der Waals surface area contributed by atoms with Crippen molar-refractivity contribution in [3.63, 3.8) is 0 Å². The van der Waals surface area contributed by atoms with E-state index in [1.165, 1.54) is 32.7 Å². The van der Waals surface area contributed by atoms with E-state index in [1.807, 2.05) is 42.5 Å². The molecular formula is C48H33N3O. The molecule has 0 fully saturated rings. The van der Waals surface area contributed by atoms with Crippen LogP contribution in [-0.4, -0.2) is 22.1 Å². The van der Waals surface area contributed by atoms with Crippen LogP contribution in [0.4, 0.5) is 0 Å². The summed E-state index contributed by atoms with van der Waals surface area (Å²) >= 11 is 0. The molecule has 52 heavy (non-hydrogen) atoms. The summed E-state index contributed by atoms with van der Waals surface area (Å²) in [6.07, 6.45) is 0. The fourth-order valence-electron chi connectivity index (χ4n) is 6.91. The van der Waals surface area contributed by atoms with Crippen LogP contribution in [0.3, 0.4) is 0 Å². The Morgan fingerprint density at radius 3 is 1.33 bits per heavy atom. The Labute approximate surface area is 302 Å². The SMILES string of the molecule is COc1cccc(-c2nc(-c3ccccc3)nc(-c3ccc(-c4ccc5ccccc5c4)cc3)n2)c1-c1ccc(-c2ccc3ccccc3c2)cc1. The van der Waals surface area contributed by atoms with E-state index in [4.69, 9.17) is 19.7 Å². The van der Waals surface area contributed by atoms with Crippen LogP contribution in [0.25, 0.3) is 89.1 Å². The predicted molar refractivity (Wildman–Crippen MR) is 214 cm³/mol. The van der Waals surface area contributed by atoms with Crippen LogP contribution < -0.4 is 4.74 Å². The minimum absolute atomic E-state index is 0.579. The second kappa shape index (κ2) is 13.4. The molecule has 1 aromatic heterocycles. The highest BCUT2D eigenvalue weighted by Crippen LogP contribution is 2.40. The van der Waals surface area contributed by atoms with Crippen LogP contribution in [-0.2, 0) is 0 Å².